The normalized spacial score (nSPS) is 35.1. The molecule has 2 aliphatic rings. The predicted molar refractivity (Wildman–Crippen MR) is 53.1 cm³/mol. The molecule has 1 fully saturated rings. The lowest BCUT2D eigenvalue weighted by Crippen LogP contribution is -2.33. The minimum atomic E-state index is -0.810. The van der Waals surface area contributed by atoms with E-state index in [1.165, 1.54) is 0 Å². The molecule has 2 bridgehead atoms. The topological polar surface area (TPSA) is 44.8 Å². The van der Waals surface area contributed by atoms with E-state index in [-0.39, 0.29) is 12.5 Å². The highest BCUT2D eigenvalue weighted by molar-refractivity contribution is 5.70. The molecule has 3 atom stereocenters. The first kappa shape index (κ1) is 9.36. The Morgan fingerprint density at radius 3 is 3.20 bits per heavy atom. The third kappa shape index (κ3) is 2.58. The van der Waals surface area contributed by atoms with Gasteiger partial charge in [-0.15, -0.1) is 0 Å². The molecule has 0 saturated carbocycles. The molecule has 84 valence electrons. The Bertz CT molecular complexity index is 308. The van der Waals surface area contributed by atoms with Crippen molar-refractivity contribution in [3.8, 4) is 0 Å². The number of ether oxygens (including phenoxy) is 3. The maximum Gasteiger partial charge on any atom is 0.306 e. The number of hydrogen-bond donors (Lipinski definition) is 0. The lowest BCUT2D eigenvalue weighted by Gasteiger charge is -2.23. The van der Waals surface area contributed by atoms with Gasteiger partial charge in [-0.25, -0.2) is 0 Å². The van der Waals surface area contributed by atoms with Crippen molar-refractivity contribution in [3.63, 3.8) is 0 Å². The monoisotopic (exact) mass is 213 g/mol. The number of hydrogen-bond acceptors (Lipinski definition) is 4. The number of esters is 1. The second-order valence-electron chi connectivity index (χ2n) is 4.10. The fourth-order valence-electron chi connectivity index (χ4n) is 1.61. The number of carbonyl (C=O) groups is 1. The summed E-state index contributed by atoms with van der Waals surface area (Å²) in [7, 11) is 0. The van der Waals surface area contributed by atoms with Gasteiger partial charge in [0, 0.05) is 7.79 Å². The van der Waals surface area contributed by atoms with Crippen LogP contribution in [0, 0.1) is 5.89 Å². The Morgan fingerprint density at radius 2 is 2.47 bits per heavy atom. The maximum absolute atomic E-state index is 11.5. The van der Waals surface area contributed by atoms with E-state index in [2.05, 4.69) is 0 Å². The van der Waals surface area contributed by atoms with Crippen molar-refractivity contribution in [3.05, 3.63) is 12.2 Å². The summed E-state index contributed by atoms with van der Waals surface area (Å²) in [6.07, 6.45) is 2.73. The van der Waals surface area contributed by atoms with Crippen LogP contribution in [0.5, 0.6) is 0 Å². The van der Waals surface area contributed by atoms with Gasteiger partial charge in [-0.05, 0) is 12.0 Å². The molecule has 0 radical (unpaired) electrons. The Kier molecular flexibility index (Phi) is 2.70. The van der Waals surface area contributed by atoms with Crippen LogP contribution in [-0.4, -0.2) is 31.1 Å². The summed E-state index contributed by atoms with van der Waals surface area (Å²) in [5.41, 5.74) is 0. The summed E-state index contributed by atoms with van der Waals surface area (Å²) < 4.78 is 23.5. The Morgan fingerprint density at radius 1 is 1.67 bits per heavy atom. The summed E-state index contributed by atoms with van der Waals surface area (Å²) in [6, 6.07) is 0. The predicted octanol–water partition coefficient (Wildman–Crippen LogP) is 1.26. The van der Waals surface area contributed by atoms with Gasteiger partial charge >= 0.3 is 5.97 Å². The summed E-state index contributed by atoms with van der Waals surface area (Å²) in [6.45, 7) is 3.85. The van der Waals surface area contributed by atoms with E-state index < -0.39 is 24.3 Å². The third-order valence-electron chi connectivity index (χ3n) is 2.28. The second kappa shape index (κ2) is 4.33. The molecule has 0 amide bonds. The maximum atomic E-state index is 11.5. The van der Waals surface area contributed by atoms with Crippen LogP contribution in [0.4, 0.5) is 0 Å². The highest BCUT2D eigenvalue weighted by atomic mass is 16.7. The van der Waals surface area contributed by atoms with Crippen LogP contribution in [0.25, 0.3) is 0 Å². The van der Waals surface area contributed by atoms with Crippen molar-refractivity contribution in [2.45, 2.75) is 38.8 Å². The molecule has 1 unspecified atom stereocenters. The van der Waals surface area contributed by atoms with Gasteiger partial charge in [-0.2, -0.15) is 0 Å². The van der Waals surface area contributed by atoms with E-state index in [0.717, 1.165) is 0 Å². The van der Waals surface area contributed by atoms with Crippen molar-refractivity contribution in [1.29, 1.82) is 0 Å². The van der Waals surface area contributed by atoms with Gasteiger partial charge in [0.05, 0.1) is 6.61 Å². The lowest BCUT2D eigenvalue weighted by molar-refractivity contribution is -0.170. The van der Waals surface area contributed by atoms with Gasteiger partial charge in [0.2, 0.25) is 0 Å². The van der Waals surface area contributed by atoms with Crippen molar-refractivity contribution < 1.29 is 20.4 Å². The lowest BCUT2D eigenvalue weighted by atomic mass is 10.1. The first-order chi connectivity index (χ1) is 7.44. The fraction of sp³-hybridized carbons (Fsp3) is 0.727. The summed E-state index contributed by atoms with van der Waals surface area (Å²) >= 11 is 0. The van der Waals surface area contributed by atoms with Crippen molar-refractivity contribution in [2.24, 2.45) is 5.89 Å². The smallest absolute Gasteiger partial charge is 0.306 e. The molecule has 15 heavy (non-hydrogen) atoms. The molecule has 1 saturated heterocycles. The van der Waals surface area contributed by atoms with Gasteiger partial charge in [-0.1, -0.05) is 19.9 Å². The molecule has 0 aliphatic carbocycles. The zero-order valence-electron chi connectivity index (χ0n) is 9.93. The molecule has 0 aromatic carbocycles. The van der Waals surface area contributed by atoms with Gasteiger partial charge in [0.15, 0.2) is 12.4 Å². The Hall–Kier alpha value is -0.870. The molecule has 4 nitrogen and oxygen atoms in total. The number of rotatable bonds is 3. The molecule has 2 heterocycles. The van der Waals surface area contributed by atoms with Crippen molar-refractivity contribution in [1.82, 2.24) is 0 Å². The molecule has 0 spiro atoms. The zero-order valence-corrected chi connectivity index (χ0v) is 8.93. The average Bonchev–Trinajstić information content (AvgIpc) is 2.51. The zero-order chi connectivity index (χ0) is 11.8. The average molecular weight is 213 g/mol. The van der Waals surface area contributed by atoms with E-state index in [9.17, 15) is 4.79 Å². The Balaban J connectivity index is 1.88. The van der Waals surface area contributed by atoms with Crippen LogP contribution < -0.4 is 0 Å². The summed E-state index contributed by atoms with van der Waals surface area (Å²) in [5.74, 6) is -1.21. The summed E-state index contributed by atoms with van der Waals surface area (Å²) in [4.78, 5) is 11.5. The molecule has 0 aromatic heterocycles. The molecule has 2 aliphatic heterocycles. The minimum absolute atomic E-state index is 0.00688. The van der Waals surface area contributed by atoms with Crippen molar-refractivity contribution in [2.75, 3.05) is 6.61 Å². The first-order valence-corrected chi connectivity index (χ1v) is 5.09. The van der Waals surface area contributed by atoms with E-state index in [4.69, 9.17) is 15.6 Å². The van der Waals surface area contributed by atoms with Crippen LogP contribution in [0.2, 0.25) is 0 Å². The van der Waals surface area contributed by atoms with Crippen LogP contribution in [-0.2, 0) is 19.0 Å². The third-order valence-corrected chi connectivity index (χ3v) is 2.28. The van der Waals surface area contributed by atoms with E-state index >= 15 is 0 Å². The van der Waals surface area contributed by atoms with Gasteiger partial charge in [0.25, 0.3) is 0 Å². The van der Waals surface area contributed by atoms with Crippen LogP contribution in [0.3, 0.4) is 0 Å². The van der Waals surface area contributed by atoms with Crippen LogP contribution in [0.15, 0.2) is 12.2 Å². The highest BCUT2D eigenvalue weighted by Crippen LogP contribution is 2.24. The highest BCUT2D eigenvalue weighted by Gasteiger charge is 2.36. The van der Waals surface area contributed by atoms with Gasteiger partial charge in [0.1, 0.15) is 6.10 Å². The van der Waals surface area contributed by atoms with E-state index in [0.29, 0.717) is 6.61 Å². The molecule has 4 heteroatoms. The molecule has 0 N–H and O–H groups in total. The molecule has 0 aromatic rings. The SMILES string of the molecule is [2H]C(C)(C)CC(=O)O[C@H]1C=C[C@H]2COC1O2. The minimum Gasteiger partial charge on any atom is -0.453 e. The van der Waals surface area contributed by atoms with Crippen LogP contribution in [0.1, 0.15) is 21.6 Å². The van der Waals surface area contributed by atoms with E-state index in [1.54, 1.807) is 19.9 Å². The second-order valence-corrected chi connectivity index (χ2v) is 4.10. The molecular weight excluding hydrogens is 196 g/mol. The standard InChI is InChI=1S/C11H16O4/c1-7(2)5-10(12)15-9-4-3-8-6-13-11(9)14-8/h3-4,7-9,11H,5-6H2,1-2H3/t8-,9-,11?/m0/s1/i7D. The molecule has 2 rings (SSSR count). The van der Waals surface area contributed by atoms with Crippen LogP contribution >= 0.6 is 0 Å². The Labute approximate surface area is 90.6 Å². The van der Waals surface area contributed by atoms with Gasteiger partial charge in [-0.3, -0.25) is 4.79 Å². The molecular formula is C11H16O4. The van der Waals surface area contributed by atoms with Crippen molar-refractivity contribution >= 4 is 5.97 Å². The van der Waals surface area contributed by atoms with Gasteiger partial charge < -0.3 is 14.2 Å². The fourth-order valence-corrected chi connectivity index (χ4v) is 1.61. The van der Waals surface area contributed by atoms with E-state index in [1.807, 2.05) is 6.08 Å². The largest absolute Gasteiger partial charge is 0.453 e. The quantitative estimate of drug-likeness (QED) is 0.523. The first-order valence-electron chi connectivity index (χ1n) is 5.59. The number of fused-ring (bicyclic) bond motifs is 2. The number of carbonyl (C=O) groups excluding carboxylic acids is 1. The summed E-state index contributed by atoms with van der Waals surface area (Å²) in [5, 5.41) is 0.